The maximum absolute atomic E-state index is 11.1. The highest BCUT2D eigenvalue weighted by molar-refractivity contribution is 8.12. The van der Waals surface area contributed by atoms with Gasteiger partial charge in [0.25, 0.3) is 9.24 Å². The molecule has 0 aromatic carbocycles. The Hall–Kier alpha value is 0.200. The third kappa shape index (κ3) is 1.81. The minimum Gasteiger partial charge on any atom is -0.198 e. The lowest BCUT2D eigenvalue weighted by Gasteiger charge is -2.42. The van der Waals surface area contributed by atoms with Crippen molar-refractivity contribution < 1.29 is 8.42 Å². The molecule has 2 bridgehead atoms. The van der Waals surface area contributed by atoms with Gasteiger partial charge in [-0.25, -0.2) is 0 Å². The smallest absolute Gasteiger partial charge is 0.198 e. The van der Waals surface area contributed by atoms with Crippen molar-refractivity contribution in [2.24, 2.45) is 16.7 Å². The number of hydrogen-bond acceptors (Lipinski definition) is 2. The molecule has 88 valence electrons. The summed E-state index contributed by atoms with van der Waals surface area (Å²) in [7, 11) is 1.68. The second-order valence-corrected chi connectivity index (χ2v) is 8.23. The van der Waals surface area contributed by atoms with E-state index in [1.807, 2.05) is 0 Å². The normalized spacial score (nSPS) is 43.5. The minimum atomic E-state index is -3.62. The van der Waals surface area contributed by atoms with Gasteiger partial charge in [0.05, 0.1) is 0 Å². The van der Waals surface area contributed by atoms with Crippen molar-refractivity contribution in [3.63, 3.8) is 0 Å². The second kappa shape index (κ2) is 3.11. The van der Waals surface area contributed by atoms with Crippen molar-refractivity contribution in [2.75, 3.05) is 0 Å². The number of fused-ring (bicyclic) bond motifs is 2. The van der Waals surface area contributed by atoms with Crippen molar-refractivity contribution in [3.8, 4) is 0 Å². The van der Waals surface area contributed by atoms with Crippen molar-refractivity contribution >= 4 is 19.9 Å². The Bertz CT molecular complexity index is 374. The molecule has 0 saturated heterocycles. The molecule has 15 heavy (non-hydrogen) atoms. The first kappa shape index (κ1) is 11.7. The summed E-state index contributed by atoms with van der Waals surface area (Å²) in [4.78, 5) is 0. The Balaban J connectivity index is 2.31. The average molecular weight is 252 g/mol. The van der Waals surface area contributed by atoms with E-state index in [0.29, 0.717) is 5.92 Å². The molecule has 2 fully saturated rings. The van der Waals surface area contributed by atoms with Crippen LogP contribution >= 0.6 is 10.7 Å². The summed E-state index contributed by atoms with van der Waals surface area (Å²) in [5, 5.41) is 0. The van der Waals surface area contributed by atoms with E-state index in [2.05, 4.69) is 25.5 Å². The van der Waals surface area contributed by atoms with Gasteiger partial charge in [0, 0.05) is 16.7 Å². The zero-order valence-corrected chi connectivity index (χ0v) is 11.0. The van der Waals surface area contributed by atoms with Gasteiger partial charge in [-0.3, -0.25) is 0 Å². The molecule has 2 rings (SSSR count). The van der Waals surface area contributed by atoms with Gasteiger partial charge in [0.15, 0.2) is 0 Å². The van der Waals surface area contributed by atoms with E-state index in [1.54, 1.807) is 0 Å². The van der Waals surface area contributed by atoms with Crippen LogP contribution in [-0.2, 0) is 9.24 Å². The van der Waals surface area contributed by atoms with E-state index in [4.69, 9.17) is 10.7 Å². The molecule has 0 aromatic heterocycles. The number of nitrogens with one attached hydrogen (secondary N) is 1. The van der Waals surface area contributed by atoms with E-state index in [-0.39, 0.29) is 16.9 Å². The van der Waals surface area contributed by atoms with Crippen LogP contribution in [0.2, 0.25) is 0 Å². The van der Waals surface area contributed by atoms with Gasteiger partial charge in [0.1, 0.15) is 0 Å². The third-order valence-corrected chi connectivity index (χ3v) is 5.31. The highest BCUT2D eigenvalue weighted by Gasteiger charge is 2.60. The lowest BCUT2D eigenvalue weighted by molar-refractivity contribution is 0.128. The summed E-state index contributed by atoms with van der Waals surface area (Å²) in [6, 6.07) is -0.0220. The Morgan fingerprint density at radius 3 is 2.33 bits per heavy atom. The number of rotatable bonds is 2. The average Bonchev–Trinajstić information content (AvgIpc) is 2.48. The molecule has 5 heteroatoms. The summed E-state index contributed by atoms with van der Waals surface area (Å²) in [6.07, 6.45) is 3.43. The SMILES string of the molecule is CC12CCC(C1)C(C)(C)C2NS(=O)(=O)Cl. The quantitative estimate of drug-likeness (QED) is 0.766. The maximum Gasteiger partial charge on any atom is 0.297 e. The molecule has 3 nitrogen and oxygen atoms in total. The van der Waals surface area contributed by atoms with Crippen LogP contribution in [0.4, 0.5) is 0 Å². The monoisotopic (exact) mass is 251 g/mol. The molecule has 0 radical (unpaired) electrons. The van der Waals surface area contributed by atoms with E-state index >= 15 is 0 Å². The third-order valence-electron chi connectivity index (χ3n) is 4.53. The van der Waals surface area contributed by atoms with Crippen LogP contribution in [0.5, 0.6) is 0 Å². The van der Waals surface area contributed by atoms with Gasteiger partial charge >= 0.3 is 0 Å². The van der Waals surface area contributed by atoms with Crippen LogP contribution in [0.3, 0.4) is 0 Å². The van der Waals surface area contributed by atoms with Crippen LogP contribution in [0.1, 0.15) is 40.0 Å². The first-order chi connectivity index (χ1) is 6.65. The highest BCUT2D eigenvalue weighted by Crippen LogP contribution is 2.62. The second-order valence-electron chi connectivity index (χ2n) is 5.90. The first-order valence-corrected chi connectivity index (χ1v) is 7.68. The van der Waals surface area contributed by atoms with Crippen molar-refractivity contribution in [1.82, 2.24) is 4.72 Å². The largest absolute Gasteiger partial charge is 0.297 e. The van der Waals surface area contributed by atoms with Crippen LogP contribution in [-0.4, -0.2) is 14.5 Å². The molecule has 1 N–H and O–H groups in total. The molecule has 3 atom stereocenters. The Kier molecular flexibility index (Phi) is 2.42. The number of halogens is 1. The van der Waals surface area contributed by atoms with Gasteiger partial charge in [-0.2, -0.15) is 13.1 Å². The fraction of sp³-hybridized carbons (Fsp3) is 1.00. The maximum atomic E-state index is 11.1. The van der Waals surface area contributed by atoms with Crippen molar-refractivity contribution in [2.45, 2.75) is 46.1 Å². The number of hydrogen-bond donors (Lipinski definition) is 1. The highest BCUT2D eigenvalue weighted by atomic mass is 35.7. The molecule has 2 aliphatic rings. The van der Waals surface area contributed by atoms with Crippen LogP contribution in [0, 0.1) is 16.7 Å². The summed E-state index contributed by atoms with van der Waals surface area (Å²) in [6.45, 7) is 6.45. The molecular formula is C10H18ClNO2S. The Morgan fingerprint density at radius 2 is 1.93 bits per heavy atom. The molecule has 2 aliphatic carbocycles. The lowest BCUT2D eigenvalue weighted by atomic mass is 9.69. The molecule has 3 unspecified atom stereocenters. The Morgan fingerprint density at radius 1 is 1.33 bits per heavy atom. The van der Waals surface area contributed by atoms with Crippen LogP contribution in [0.15, 0.2) is 0 Å². The predicted molar refractivity (Wildman–Crippen MR) is 60.9 cm³/mol. The van der Waals surface area contributed by atoms with Gasteiger partial charge in [-0.05, 0) is 36.0 Å². The van der Waals surface area contributed by atoms with Gasteiger partial charge in [-0.1, -0.05) is 20.8 Å². The van der Waals surface area contributed by atoms with Crippen LogP contribution in [0.25, 0.3) is 0 Å². The molecule has 0 aliphatic heterocycles. The predicted octanol–water partition coefficient (Wildman–Crippen LogP) is 2.27. The fourth-order valence-corrected chi connectivity index (χ4v) is 4.87. The summed E-state index contributed by atoms with van der Waals surface area (Å²) >= 11 is 0. The van der Waals surface area contributed by atoms with Gasteiger partial charge in [0.2, 0.25) is 0 Å². The lowest BCUT2D eigenvalue weighted by Crippen LogP contribution is -2.51. The van der Waals surface area contributed by atoms with Crippen molar-refractivity contribution in [3.05, 3.63) is 0 Å². The first-order valence-electron chi connectivity index (χ1n) is 5.37. The summed E-state index contributed by atoms with van der Waals surface area (Å²) in [5.74, 6) is 0.624. The molecule has 0 heterocycles. The van der Waals surface area contributed by atoms with Crippen molar-refractivity contribution in [1.29, 1.82) is 0 Å². The molecule has 0 aromatic rings. The van der Waals surface area contributed by atoms with E-state index in [1.165, 1.54) is 6.42 Å². The van der Waals surface area contributed by atoms with E-state index in [9.17, 15) is 8.42 Å². The van der Waals surface area contributed by atoms with Gasteiger partial charge in [-0.15, -0.1) is 0 Å². The fourth-order valence-electron chi connectivity index (χ4n) is 3.74. The zero-order chi connectivity index (χ0) is 11.5. The zero-order valence-electron chi connectivity index (χ0n) is 9.38. The molecular weight excluding hydrogens is 234 g/mol. The van der Waals surface area contributed by atoms with E-state index < -0.39 is 9.24 Å². The molecule has 2 saturated carbocycles. The minimum absolute atomic E-state index is 0.0220. The standard InChI is InChI=1S/C10H18ClNO2S/c1-9(2)7-4-5-10(3,6-7)8(9)12-15(11,13)14/h7-8,12H,4-6H2,1-3H3. The van der Waals surface area contributed by atoms with Gasteiger partial charge < -0.3 is 0 Å². The van der Waals surface area contributed by atoms with E-state index in [0.717, 1.165) is 12.8 Å². The summed E-state index contributed by atoms with van der Waals surface area (Å²) in [5.41, 5.74) is 0.116. The van der Waals surface area contributed by atoms with Crippen LogP contribution < -0.4 is 4.72 Å². The Labute approximate surface area is 96.1 Å². The summed E-state index contributed by atoms with van der Waals surface area (Å²) < 4.78 is 24.9. The molecule has 0 amide bonds. The topological polar surface area (TPSA) is 46.2 Å². The molecule has 0 spiro atoms.